The fourth-order valence-corrected chi connectivity index (χ4v) is 0.757. The zero-order chi connectivity index (χ0) is 12.1. The number of tetrazole rings is 1. The molecule has 0 aliphatic rings. The van der Waals surface area contributed by atoms with Crippen molar-refractivity contribution >= 4 is 17.9 Å². The lowest BCUT2D eigenvalue weighted by Gasteiger charge is -2.06. The quantitative estimate of drug-likeness (QED) is 0.458. The molecule has 0 aromatic carbocycles. The zero-order valence-corrected chi connectivity index (χ0v) is 8.28. The fourth-order valence-electron chi connectivity index (χ4n) is 0.757. The first-order valence-corrected chi connectivity index (χ1v) is 4.18. The lowest BCUT2D eigenvalue weighted by atomic mass is 10.4. The van der Waals surface area contributed by atoms with Crippen molar-refractivity contribution in [3.05, 3.63) is 0 Å². The summed E-state index contributed by atoms with van der Waals surface area (Å²) in [6, 6.07) is -0.728. The van der Waals surface area contributed by atoms with Crippen molar-refractivity contribution in [1.29, 1.82) is 0 Å². The Morgan fingerprint density at radius 1 is 1.56 bits per heavy atom. The number of nitrogens with zero attached hydrogens (tertiary/aromatic N) is 4. The van der Waals surface area contributed by atoms with Crippen molar-refractivity contribution in [3.63, 3.8) is 0 Å². The molecule has 0 unspecified atom stereocenters. The van der Waals surface area contributed by atoms with Crippen LogP contribution < -0.4 is 10.6 Å². The molecule has 0 spiro atoms. The van der Waals surface area contributed by atoms with Gasteiger partial charge in [-0.3, -0.25) is 5.32 Å². The molecule has 1 aromatic heterocycles. The second-order valence-electron chi connectivity index (χ2n) is 2.79. The Kier molecular flexibility index (Phi) is 3.72. The molecule has 0 aliphatic carbocycles. The number of amides is 2. The van der Waals surface area contributed by atoms with Crippen LogP contribution in [-0.4, -0.2) is 55.1 Å². The molecule has 0 aliphatic heterocycles. The van der Waals surface area contributed by atoms with Crippen molar-refractivity contribution in [2.45, 2.75) is 6.10 Å². The van der Waals surface area contributed by atoms with Crippen LogP contribution in [-0.2, 0) is 11.8 Å². The van der Waals surface area contributed by atoms with E-state index in [1.54, 1.807) is 0 Å². The minimum absolute atomic E-state index is 0.0233. The number of carboxylic acids is 1. The number of rotatable bonds is 4. The Bertz CT molecular complexity index is 390. The SMILES string of the molecule is Cn1nnc(NC(=O)NC[C@H](O)C(=O)O)n1. The van der Waals surface area contributed by atoms with E-state index in [9.17, 15) is 9.59 Å². The number of aliphatic hydroxyl groups is 1. The van der Waals surface area contributed by atoms with Crippen LogP contribution in [0.2, 0.25) is 0 Å². The van der Waals surface area contributed by atoms with Gasteiger partial charge in [-0.1, -0.05) is 5.10 Å². The summed E-state index contributed by atoms with van der Waals surface area (Å²) < 4.78 is 0. The molecule has 1 atom stereocenters. The monoisotopic (exact) mass is 230 g/mol. The van der Waals surface area contributed by atoms with Gasteiger partial charge in [-0.05, 0) is 5.21 Å². The van der Waals surface area contributed by atoms with Crippen LogP contribution >= 0.6 is 0 Å². The van der Waals surface area contributed by atoms with Gasteiger partial charge >= 0.3 is 12.0 Å². The van der Waals surface area contributed by atoms with Gasteiger partial charge in [0, 0.05) is 0 Å². The molecule has 10 heteroatoms. The third-order valence-corrected chi connectivity index (χ3v) is 1.47. The van der Waals surface area contributed by atoms with Gasteiger partial charge in [0.15, 0.2) is 6.10 Å². The number of anilines is 1. The smallest absolute Gasteiger partial charge is 0.334 e. The first-order valence-electron chi connectivity index (χ1n) is 4.18. The highest BCUT2D eigenvalue weighted by atomic mass is 16.4. The minimum atomic E-state index is -1.65. The Balaban J connectivity index is 2.34. The van der Waals surface area contributed by atoms with Crippen LogP contribution in [0.4, 0.5) is 10.7 Å². The average molecular weight is 230 g/mol. The number of aryl methyl sites for hydroxylation is 1. The second kappa shape index (κ2) is 5.02. The van der Waals surface area contributed by atoms with Crippen molar-refractivity contribution in [2.75, 3.05) is 11.9 Å². The summed E-state index contributed by atoms with van der Waals surface area (Å²) in [4.78, 5) is 22.5. The number of nitrogens with one attached hydrogen (secondary N) is 2. The van der Waals surface area contributed by atoms with Crippen molar-refractivity contribution in [3.8, 4) is 0 Å². The third-order valence-electron chi connectivity index (χ3n) is 1.47. The van der Waals surface area contributed by atoms with E-state index in [1.165, 1.54) is 7.05 Å². The number of hydrogen-bond donors (Lipinski definition) is 4. The molecule has 88 valence electrons. The Hall–Kier alpha value is -2.23. The van der Waals surface area contributed by atoms with Gasteiger partial charge in [0.05, 0.1) is 13.6 Å². The number of aliphatic hydroxyl groups excluding tert-OH is 1. The van der Waals surface area contributed by atoms with E-state index in [0.29, 0.717) is 0 Å². The molecule has 0 saturated carbocycles. The first-order chi connectivity index (χ1) is 7.49. The summed E-state index contributed by atoms with van der Waals surface area (Å²) in [6.45, 7) is -0.415. The van der Waals surface area contributed by atoms with Gasteiger partial charge in [-0.2, -0.15) is 4.80 Å². The van der Waals surface area contributed by atoms with Crippen LogP contribution in [0.1, 0.15) is 0 Å². The Morgan fingerprint density at radius 2 is 2.25 bits per heavy atom. The molecule has 4 N–H and O–H groups in total. The highest BCUT2D eigenvalue weighted by Crippen LogP contribution is 1.91. The van der Waals surface area contributed by atoms with Crippen molar-refractivity contribution < 1.29 is 19.8 Å². The molecule has 1 aromatic rings. The normalized spacial score (nSPS) is 11.9. The van der Waals surface area contributed by atoms with E-state index in [1.807, 2.05) is 0 Å². The molecule has 0 saturated heterocycles. The second-order valence-corrected chi connectivity index (χ2v) is 2.79. The molecular weight excluding hydrogens is 220 g/mol. The molecule has 1 heterocycles. The highest BCUT2D eigenvalue weighted by Gasteiger charge is 2.14. The molecule has 0 fully saturated rings. The van der Waals surface area contributed by atoms with Gasteiger partial charge in [-0.15, -0.1) is 5.10 Å². The maximum absolute atomic E-state index is 11.1. The van der Waals surface area contributed by atoms with Gasteiger partial charge < -0.3 is 15.5 Å². The van der Waals surface area contributed by atoms with E-state index >= 15 is 0 Å². The Morgan fingerprint density at radius 3 is 2.75 bits per heavy atom. The van der Waals surface area contributed by atoms with Crippen LogP contribution in [0.5, 0.6) is 0 Å². The zero-order valence-electron chi connectivity index (χ0n) is 8.28. The van der Waals surface area contributed by atoms with E-state index < -0.39 is 24.6 Å². The summed E-state index contributed by atoms with van der Waals surface area (Å²) >= 11 is 0. The predicted molar refractivity (Wildman–Crippen MR) is 49.5 cm³/mol. The largest absolute Gasteiger partial charge is 0.479 e. The Labute approximate surface area is 89.3 Å². The summed E-state index contributed by atoms with van der Waals surface area (Å²) in [6.07, 6.45) is -1.65. The van der Waals surface area contributed by atoms with E-state index in [4.69, 9.17) is 10.2 Å². The summed E-state index contributed by atoms with van der Waals surface area (Å²) in [5.74, 6) is -1.44. The van der Waals surface area contributed by atoms with E-state index in [-0.39, 0.29) is 5.95 Å². The molecule has 2 amide bonds. The maximum Gasteiger partial charge on any atom is 0.334 e. The number of carbonyl (C=O) groups is 2. The number of aliphatic carboxylic acids is 1. The first kappa shape index (κ1) is 11.8. The van der Waals surface area contributed by atoms with Crippen LogP contribution in [0, 0.1) is 0 Å². The topological polar surface area (TPSA) is 142 Å². The molecule has 16 heavy (non-hydrogen) atoms. The lowest BCUT2D eigenvalue weighted by Crippen LogP contribution is -2.38. The van der Waals surface area contributed by atoms with Crippen LogP contribution in [0.25, 0.3) is 0 Å². The fraction of sp³-hybridized carbons (Fsp3) is 0.500. The summed E-state index contributed by atoms with van der Waals surface area (Å²) in [5.41, 5.74) is 0. The maximum atomic E-state index is 11.1. The highest BCUT2D eigenvalue weighted by molar-refractivity contribution is 5.87. The number of urea groups is 1. The molecule has 0 radical (unpaired) electrons. The summed E-state index contributed by atoms with van der Waals surface area (Å²) in [5, 5.41) is 32.1. The number of carboxylic acid groups (broad SMARTS) is 1. The third kappa shape index (κ3) is 3.49. The van der Waals surface area contributed by atoms with Crippen LogP contribution in [0.15, 0.2) is 0 Å². The number of aromatic nitrogens is 4. The minimum Gasteiger partial charge on any atom is -0.479 e. The van der Waals surface area contributed by atoms with Gasteiger partial charge in [0.25, 0.3) is 5.95 Å². The van der Waals surface area contributed by atoms with Crippen molar-refractivity contribution in [2.24, 2.45) is 7.05 Å². The molecule has 1 rings (SSSR count). The predicted octanol–water partition coefficient (Wildman–Crippen LogP) is -2.22. The van der Waals surface area contributed by atoms with Crippen molar-refractivity contribution in [1.82, 2.24) is 25.5 Å². The number of hydrogen-bond acceptors (Lipinski definition) is 6. The van der Waals surface area contributed by atoms with Gasteiger partial charge in [0.2, 0.25) is 0 Å². The van der Waals surface area contributed by atoms with E-state index in [2.05, 4.69) is 26.0 Å². The average Bonchev–Trinajstić information content (AvgIpc) is 2.60. The molecular formula is C6H10N6O4. The number of carbonyl (C=O) groups excluding carboxylic acids is 1. The standard InChI is InChI=1S/C6H10N6O4/c1-12-10-5(9-11-12)8-6(16)7-2-3(13)4(14)15/h3,13H,2H2,1H3,(H,14,15)(H2,7,8,10,16)/t3-/m0/s1. The van der Waals surface area contributed by atoms with Gasteiger partial charge in [-0.25, -0.2) is 9.59 Å². The van der Waals surface area contributed by atoms with Crippen LogP contribution in [0.3, 0.4) is 0 Å². The molecule has 10 nitrogen and oxygen atoms in total. The van der Waals surface area contributed by atoms with Gasteiger partial charge in [0.1, 0.15) is 0 Å². The lowest BCUT2D eigenvalue weighted by molar-refractivity contribution is -0.146. The van der Waals surface area contributed by atoms with E-state index in [0.717, 1.165) is 4.80 Å². The molecule has 0 bridgehead atoms. The summed E-state index contributed by atoms with van der Waals surface area (Å²) in [7, 11) is 1.52.